The highest BCUT2D eigenvalue weighted by atomic mass is 32.2. The fourth-order valence-corrected chi connectivity index (χ4v) is 5.03. The summed E-state index contributed by atoms with van der Waals surface area (Å²) in [5.41, 5.74) is 4.66. The fourth-order valence-electron chi connectivity index (χ4n) is 3.97. The quantitative estimate of drug-likeness (QED) is 0.326. The van der Waals surface area contributed by atoms with Crippen molar-refractivity contribution in [2.24, 2.45) is 0 Å². The van der Waals surface area contributed by atoms with Crippen molar-refractivity contribution in [2.45, 2.75) is 31.5 Å². The predicted molar refractivity (Wildman–Crippen MR) is 150 cm³/mol. The summed E-state index contributed by atoms with van der Waals surface area (Å²) in [5.74, 6) is -3.02. The average Bonchev–Trinajstić information content (AvgIpc) is 2.92. The molecule has 220 valence electrons. The molecule has 0 unspecified atom stereocenters. The second-order valence-electron chi connectivity index (χ2n) is 9.36. The van der Waals surface area contributed by atoms with Gasteiger partial charge in [0.2, 0.25) is 0 Å². The van der Waals surface area contributed by atoms with Gasteiger partial charge in [-0.15, -0.1) is 0 Å². The van der Waals surface area contributed by atoms with E-state index in [0.717, 1.165) is 48.6 Å². The minimum Gasteiger partial charge on any atom is -0.475 e. The molecule has 3 aromatic rings. The smallest absolute Gasteiger partial charge is 0.475 e. The first kappa shape index (κ1) is 31.4. The number of alkyl halides is 3. The number of carboxylic acids is 1. The number of hydrogen-bond acceptors (Lipinski definition) is 6. The number of anilines is 2. The van der Waals surface area contributed by atoms with Gasteiger partial charge in [0.05, 0.1) is 16.3 Å². The zero-order valence-electron chi connectivity index (χ0n) is 22.5. The fraction of sp³-hybridized carbons (Fsp3) is 0.286. The van der Waals surface area contributed by atoms with Crippen molar-refractivity contribution >= 4 is 33.3 Å². The van der Waals surface area contributed by atoms with Crippen LogP contribution in [0.1, 0.15) is 27.0 Å². The molecule has 4 N–H and O–H groups in total. The number of nitrogens with one attached hydrogen (secondary N) is 3. The lowest BCUT2D eigenvalue weighted by Gasteiger charge is -2.31. The van der Waals surface area contributed by atoms with Crippen LogP contribution < -0.4 is 20.3 Å². The summed E-state index contributed by atoms with van der Waals surface area (Å²) in [4.78, 5) is 24.1. The maximum absolute atomic E-state index is 13.1. The Bertz CT molecular complexity index is 1470. The Labute approximate surface area is 236 Å². The molecular weight excluding hydrogens is 561 g/mol. The first-order valence-corrected chi connectivity index (χ1v) is 14.1. The van der Waals surface area contributed by atoms with Crippen molar-refractivity contribution in [1.29, 1.82) is 0 Å². The molecule has 0 aromatic heterocycles. The Morgan fingerprint density at radius 3 is 2.17 bits per heavy atom. The number of amides is 1. The third-order valence-corrected chi connectivity index (χ3v) is 7.45. The number of aliphatic carboxylic acids is 1. The molecule has 1 aliphatic heterocycles. The van der Waals surface area contributed by atoms with E-state index in [2.05, 4.69) is 20.3 Å². The molecule has 4 rings (SSSR count). The van der Waals surface area contributed by atoms with Crippen LogP contribution in [0.2, 0.25) is 0 Å². The van der Waals surface area contributed by atoms with E-state index in [-0.39, 0.29) is 10.8 Å². The second kappa shape index (κ2) is 13.5. The maximum Gasteiger partial charge on any atom is 0.490 e. The van der Waals surface area contributed by atoms with E-state index in [4.69, 9.17) is 9.90 Å². The van der Waals surface area contributed by atoms with Gasteiger partial charge in [-0.05, 0) is 49.7 Å². The lowest BCUT2D eigenvalue weighted by Crippen LogP contribution is -2.43. The first-order chi connectivity index (χ1) is 19.3. The molecule has 3 aromatic carbocycles. The maximum atomic E-state index is 13.1. The number of carbonyl (C=O) groups is 2. The highest BCUT2D eigenvalue weighted by Crippen LogP contribution is 2.30. The predicted octanol–water partition coefficient (Wildman–Crippen LogP) is 4.08. The highest BCUT2D eigenvalue weighted by Gasteiger charge is 2.38. The van der Waals surface area contributed by atoms with Crippen molar-refractivity contribution in [1.82, 2.24) is 10.6 Å². The summed E-state index contributed by atoms with van der Waals surface area (Å²) >= 11 is 0. The van der Waals surface area contributed by atoms with Crippen LogP contribution >= 0.6 is 0 Å². The summed E-state index contributed by atoms with van der Waals surface area (Å²) in [7, 11) is -3.82. The molecule has 0 spiro atoms. The zero-order chi connectivity index (χ0) is 30.2. The number of carbonyl (C=O) groups excluding carboxylic acids is 1. The van der Waals surface area contributed by atoms with Crippen LogP contribution in [0, 0.1) is 13.8 Å². The second-order valence-corrected chi connectivity index (χ2v) is 11.0. The number of halogens is 3. The normalized spacial score (nSPS) is 13.5. The number of hydrogen-bond donors (Lipinski definition) is 4. The van der Waals surface area contributed by atoms with E-state index in [1.54, 1.807) is 36.4 Å². The van der Waals surface area contributed by atoms with Gasteiger partial charge in [-0.1, -0.05) is 47.5 Å². The zero-order valence-corrected chi connectivity index (χ0v) is 23.3. The van der Waals surface area contributed by atoms with Gasteiger partial charge in [-0.2, -0.15) is 13.2 Å². The minimum atomic E-state index is -5.08. The Balaban J connectivity index is 0.000000587. The number of sulfonamides is 1. The van der Waals surface area contributed by atoms with Crippen LogP contribution in [0.5, 0.6) is 0 Å². The van der Waals surface area contributed by atoms with E-state index in [0.29, 0.717) is 17.8 Å². The monoisotopic (exact) mass is 592 g/mol. The van der Waals surface area contributed by atoms with Crippen LogP contribution in [0.4, 0.5) is 24.5 Å². The van der Waals surface area contributed by atoms with Crippen LogP contribution in [-0.2, 0) is 21.4 Å². The van der Waals surface area contributed by atoms with Gasteiger partial charge in [0.15, 0.2) is 0 Å². The number of benzene rings is 3. The van der Waals surface area contributed by atoms with E-state index >= 15 is 0 Å². The van der Waals surface area contributed by atoms with E-state index < -0.39 is 22.2 Å². The molecule has 1 amide bonds. The first-order valence-electron chi connectivity index (χ1n) is 12.6. The summed E-state index contributed by atoms with van der Waals surface area (Å²) < 4.78 is 60.7. The van der Waals surface area contributed by atoms with Gasteiger partial charge < -0.3 is 20.6 Å². The molecule has 0 saturated carbocycles. The molecule has 41 heavy (non-hydrogen) atoms. The molecule has 0 radical (unpaired) electrons. The molecule has 1 fully saturated rings. The SMILES string of the molecule is Cc1ccc(S(=O)(=O)Nc2cc(C(=O)NCc3cccc(C)c3)ccc2N2CCNCC2)cc1.O=C(O)C(F)(F)F. The van der Waals surface area contributed by atoms with E-state index in [1.165, 1.54) is 0 Å². The van der Waals surface area contributed by atoms with Crippen LogP contribution in [0.25, 0.3) is 0 Å². The van der Waals surface area contributed by atoms with Gasteiger partial charge >= 0.3 is 12.1 Å². The van der Waals surface area contributed by atoms with Crippen LogP contribution in [0.15, 0.2) is 71.6 Å². The topological polar surface area (TPSA) is 128 Å². The summed E-state index contributed by atoms with van der Waals surface area (Å²) in [6.07, 6.45) is -5.08. The molecule has 9 nitrogen and oxygen atoms in total. The lowest BCUT2D eigenvalue weighted by molar-refractivity contribution is -0.192. The molecule has 0 atom stereocenters. The average molecular weight is 593 g/mol. The number of piperazine rings is 1. The Morgan fingerprint density at radius 2 is 1.59 bits per heavy atom. The van der Waals surface area contributed by atoms with Gasteiger partial charge in [0.1, 0.15) is 0 Å². The van der Waals surface area contributed by atoms with Crippen molar-refractivity contribution in [3.05, 3.63) is 89.0 Å². The standard InChI is InChI=1S/C26H30N4O3S.C2HF3O2/c1-19-6-9-23(10-7-19)34(32,33)29-24-17-22(8-11-25(24)30-14-12-27-13-15-30)26(31)28-18-21-5-3-4-20(2)16-21;3-2(4,5)1(6)7/h3-11,16-17,27,29H,12-15,18H2,1-2H3,(H,28,31);(H,6,7). The molecular formula is C28H31F3N4O5S. The third kappa shape index (κ3) is 9.22. The Hall–Kier alpha value is -4.10. The van der Waals surface area contributed by atoms with Gasteiger partial charge in [0, 0.05) is 38.3 Å². The molecule has 1 heterocycles. The highest BCUT2D eigenvalue weighted by molar-refractivity contribution is 7.92. The van der Waals surface area contributed by atoms with Crippen molar-refractivity contribution < 1.29 is 36.3 Å². The summed E-state index contributed by atoms with van der Waals surface area (Å²) in [5, 5.41) is 13.4. The van der Waals surface area contributed by atoms with Crippen LogP contribution in [-0.4, -0.2) is 57.8 Å². The Kier molecular flexibility index (Phi) is 10.4. The van der Waals surface area contributed by atoms with Crippen LogP contribution in [0.3, 0.4) is 0 Å². The van der Waals surface area contributed by atoms with E-state index in [1.807, 2.05) is 44.2 Å². The lowest BCUT2D eigenvalue weighted by atomic mass is 10.1. The van der Waals surface area contributed by atoms with Crippen molar-refractivity contribution in [3.63, 3.8) is 0 Å². The van der Waals surface area contributed by atoms with Gasteiger partial charge in [0.25, 0.3) is 15.9 Å². The molecule has 0 aliphatic carbocycles. The summed E-state index contributed by atoms with van der Waals surface area (Å²) in [6, 6.07) is 19.8. The third-order valence-electron chi connectivity index (χ3n) is 6.07. The molecule has 0 bridgehead atoms. The number of nitrogens with zero attached hydrogens (tertiary/aromatic N) is 1. The number of carboxylic acid groups (broad SMARTS) is 1. The van der Waals surface area contributed by atoms with Crippen molar-refractivity contribution in [3.8, 4) is 0 Å². The van der Waals surface area contributed by atoms with Gasteiger partial charge in [-0.25, -0.2) is 13.2 Å². The molecule has 13 heteroatoms. The largest absolute Gasteiger partial charge is 0.490 e. The number of aryl methyl sites for hydroxylation is 2. The Morgan fingerprint density at radius 1 is 0.951 bits per heavy atom. The minimum absolute atomic E-state index is 0.179. The van der Waals surface area contributed by atoms with Gasteiger partial charge in [-0.3, -0.25) is 9.52 Å². The molecule has 1 saturated heterocycles. The van der Waals surface area contributed by atoms with Crippen molar-refractivity contribution in [2.75, 3.05) is 35.8 Å². The van der Waals surface area contributed by atoms with E-state index in [9.17, 15) is 26.4 Å². The summed E-state index contributed by atoms with van der Waals surface area (Å²) in [6.45, 7) is 7.42. The molecule has 1 aliphatic rings. The number of rotatable bonds is 7.